The minimum absolute atomic E-state index is 0.164. The summed E-state index contributed by atoms with van der Waals surface area (Å²) in [5.74, 6) is 0.400. The van der Waals surface area contributed by atoms with Crippen molar-refractivity contribution in [1.29, 1.82) is 0 Å². The van der Waals surface area contributed by atoms with Gasteiger partial charge in [-0.1, -0.05) is 13.0 Å². The third-order valence-corrected chi connectivity index (χ3v) is 2.18. The van der Waals surface area contributed by atoms with Gasteiger partial charge in [0.05, 0.1) is 5.54 Å². The van der Waals surface area contributed by atoms with Gasteiger partial charge in [-0.2, -0.15) is 0 Å². The lowest BCUT2D eigenvalue weighted by Gasteiger charge is -2.04. The fraction of sp³-hybridized carbons (Fsp3) is 0.625. The molecular weight excluding hydrogens is 126 g/mol. The van der Waals surface area contributed by atoms with E-state index < -0.39 is 5.54 Å². The highest BCUT2D eigenvalue weighted by Crippen LogP contribution is 2.42. The smallest absolute Gasteiger partial charge is 0.152 e. The summed E-state index contributed by atoms with van der Waals surface area (Å²) < 4.78 is 0. The predicted octanol–water partition coefficient (Wildman–Crippen LogP) is 0.869. The Morgan fingerprint density at radius 3 is 2.90 bits per heavy atom. The van der Waals surface area contributed by atoms with Gasteiger partial charge in [-0.25, -0.2) is 0 Å². The number of hydrogen-bond acceptors (Lipinski definition) is 2. The molecule has 1 saturated carbocycles. The van der Waals surface area contributed by atoms with Crippen molar-refractivity contribution < 1.29 is 4.79 Å². The number of carbonyl (C=O) groups is 1. The maximum Gasteiger partial charge on any atom is 0.152 e. The Morgan fingerprint density at radius 1 is 2.00 bits per heavy atom. The fourth-order valence-corrected chi connectivity index (χ4v) is 1.25. The van der Waals surface area contributed by atoms with E-state index in [0.717, 1.165) is 6.42 Å². The fourth-order valence-electron chi connectivity index (χ4n) is 1.25. The van der Waals surface area contributed by atoms with E-state index in [1.165, 1.54) is 0 Å². The molecule has 1 rings (SSSR count). The molecule has 2 heteroatoms. The molecule has 0 bridgehead atoms. The van der Waals surface area contributed by atoms with Crippen LogP contribution in [0.15, 0.2) is 12.7 Å². The van der Waals surface area contributed by atoms with Crippen molar-refractivity contribution in [1.82, 2.24) is 0 Å². The standard InChI is InChI=1S/C8H13NO/c1-3-6-5-8(6,9)7(10)4-2/h3,6H,1,4-5,9H2,2H3/t6-,8+/m0/s1. The maximum absolute atomic E-state index is 11.1. The molecule has 10 heavy (non-hydrogen) atoms. The van der Waals surface area contributed by atoms with Gasteiger partial charge >= 0.3 is 0 Å². The van der Waals surface area contributed by atoms with Crippen LogP contribution in [-0.4, -0.2) is 11.3 Å². The zero-order valence-electron chi connectivity index (χ0n) is 6.26. The van der Waals surface area contributed by atoms with Crippen molar-refractivity contribution in [2.24, 2.45) is 11.7 Å². The number of hydrogen-bond donors (Lipinski definition) is 1. The molecule has 0 aromatic heterocycles. The van der Waals surface area contributed by atoms with Crippen LogP contribution in [0.5, 0.6) is 0 Å². The summed E-state index contributed by atoms with van der Waals surface area (Å²) in [5.41, 5.74) is 5.20. The Bertz CT molecular complexity index is 176. The van der Waals surface area contributed by atoms with Crippen LogP contribution < -0.4 is 5.73 Å². The van der Waals surface area contributed by atoms with Crippen LogP contribution in [0, 0.1) is 5.92 Å². The van der Waals surface area contributed by atoms with Crippen LogP contribution in [0.2, 0.25) is 0 Å². The van der Waals surface area contributed by atoms with E-state index in [0.29, 0.717) is 6.42 Å². The van der Waals surface area contributed by atoms with Crippen molar-refractivity contribution in [3.63, 3.8) is 0 Å². The van der Waals surface area contributed by atoms with Crippen LogP contribution in [0.1, 0.15) is 19.8 Å². The lowest BCUT2D eigenvalue weighted by atomic mass is 10.1. The van der Waals surface area contributed by atoms with E-state index in [2.05, 4.69) is 6.58 Å². The van der Waals surface area contributed by atoms with Gasteiger partial charge in [-0.15, -0.1) is 6.58 Å². The Labute approximate surface area is 61.1 Å². The van der Waals surface area contributed by atoms with Crippen molar-refractivity contribution in [2.45, 2.75) is 25.3 Å². The van der Waals surface area contributed by atoms with Gasteiger partial charge in [-0.05, 0) is 6.42 Å². The molecule has 0 unspecified atom stereocenters. The van der Waals surface area contributed by atoms with Gasteiger partial charge in [0.25, 0.3) is 0 Å². The molecule has 1 aliphatic carbocycles. The van der Waals surface area contributed by atoms with Crippen LogP contribution in [0.25, 0.3) is 0 Å². The van der Waals surface area contributed by atoms with Gasteiger partial charge in [0.2, 0.25) is 0 Å². The quantitative estimate of drug-likeness (QED) is 0.589. The summed E-state index contributed by atoms with van der Waals surface area (Å²) in [5, 5.41) is 0. The largest absolute Gasteiger partial charge is 0.318 e. The van der Waals surface area contributed by atoms with Gasteiger partial charge < -0.3 is 5.73 Å². The number of nitrogens with two attached hydrogens (primary N) is 1. The molecule has 1 fully saturated rings. The van der Waals surface area contributed by atoms with E-state index in [4.69, 9.17) is 5.73 Å². The molecule has 0 aromatic carbocycles. The molecule has 2 N–H and O–H groups in total. The zero-order valence-corrected chi connectivity index (χ0v) is 6.26. The number of rotatable bonds is 3. The molecule has 2 atom stereocenters. The molecule has 1 aliphatic rings. The third kappa shape index (κ3) is 0.886. The number of carbonyl (C=O) groups excluding carboxylic acids is 1. The number of ketones is 1. The first kappa shape index (κ1) is 7.48. The summed E-state index contributed by atoms with van der Waals surface area (Å²) in [6.45, 7) is 5.45. The minimum atomic E-state index is -0.531. The molecule has 0 spiro atoms. The third-order valence-electron chi connectivity index (χ3n) is 2.18. The molecule has 0 heterocycles. The van der Waals surface area contributed by atoms with Gasteiger partial charge in [0, 0.05) is 12.3 Å². The van der Waals surface area contributed by atoms with Gasteiger partial charge in [0.15, 0.2) is 5.78 Å². The lowest BCUT2D eigenvalue weighted by Crippen LogP contribution is -2.34. The average molecular weight is 139 g/mol. The van der Waals surface area contributed by atoms with Crippen LogP contribution in [0.4, 0.5) is 0 Å². The van der Waals surface area contributed by atoms with Crippen molar-refractivity contribution in [2.75, 3.05) is 0 Å². The molecule has 0 amide bonds. The molecule has 0 saturated heterocycles. The molecule has 0 aromatic rings. The monoisotopic (exact) mass is 139 g/mol. The van der Waals surface area contributed by atoms with Crippen molar-refractivity contribution in [3.05, 3.63) is 12.7 Å². The van der Waals surface area contributed by atoms with Crippen molar-refractivity contribution >= 4 is 5.78 Å². The SMILES string of the molecule is C=C[C@H]1C[C@]1(N)C(=O)CC. The average Bonchev–Trinajstić information content (AvgIpc) is 2.61. The lowest BCUT2D eigenvalue weighted by molar-refractivity contribution is -0.121. The molecule has 0 radical (unpaired) electrons. The van der Waals surface area contributed by atoms with E-state index in [-0.39, 0.29) is 11.7 Å². The summed E-state index contributed by atoms with van der Waals surface area (Å²) in [6, 6.07) is 0. The Hall–Kier alpha value is -0.630. The van der Waals surface area contributed by atoms with Crippen LogP contribution >= 0.6 is 0 Å². The maximum atomic E-state index is 11.1. The second-order valence-corrected chi connectivity index (χ2v) is 2.86. The minimum Gasteiger partial charge on any atom is -0.318 e. The van der Waals surface area contributed by atoms with Gasteiger partial charge in [-0.3, -0.25) is 4.79 Å². The number of Topliss-reactive ketones (excluding diaryl/α,β-unsaturated/α-hetero) is 1. The highest BCUT2D eigenvalue weighted by molar-refractivity contribution is 5.91. The highest BCUT2D eigenvalue weighted by atomic mass is 16.1. The van der Waals surface area contributed by atoms with E-state index in [1.807, 2.05) is 6.92 Å². The summed E-state index contributed by atoms with van der Waals surface area (Å²) in [4.78, 5) is 11.1. The normalized spacial score (nSPS) is 37.2. The zero-order chi connectivity index (χ0) is 7.78. The first-order valence-electron chi connectivity index (χ1n) is 3.60. The van der Waals surface area contributed by atoms with Gasteiger partial charge in [0.1, 0.15) is 0 Å². The first-order valence-corrected chi connectivity index (χ1v) is 3.60. The van der Waals surface area contributed by atoms with Crippen LogP contribution in [0.3, 0.4) is 0 Å². The Kier molecular flexibility index (Phi) is 1.65. The van der Waals surface area contributed by atoms with E-state index >= 15 is 0 Å². The summed E-state index contributed by atoms with van der Waals surface area (Å²) in [6.07, 6.45) is 3.11. The molecule has 2 nitrogen and oxygen atoms in total. The molecule has 56 valence electrons. The Morgan fingerprint density at radius 2 is 2.60 bits per heavy atom. The topological polar surface area (TPSA) is 43.1 Å². The summed E-state index contributed by atoms with van der Waals surface area (Å²) in [7, 11) is 0. The van der Waals surface area contributed by atoms with E-state index in [1.54, 1.807) is 6.08 Å². The Balaban J connectivity index is 2.58. The predicted molar refractivity (Wildman–Crippen MR) is 40.5 cm³/mol. The second kappa shape index (κ2) is 2.20. The van der Waals surface area contributed by atoms with E-state index in [9.17, 15) is 4.79 Å². The first-order chi connectivity index (χ1) is 4.65. The molecular formula is C8H13NO. The van der Waals surface area contributed by atoms with Crippen molar-refractivity contribution in [3.8, 4) is 0 Å². The second-order valence-electron chi connectivity index (χ2n) is 2.86. The van der Waals surface area contributed by atoms with Crippen LogP contribution in [-0.2, 0) is 4.79 Å². The highest BCUT2D eigenvalue weighted by Gasteiger charge is 2.53. The summed E-state index contributed by atoms with van der Waals surface area (Å²) >= 11 is 0. The molecule has 0 aliphatic heterocycles.